The lowest BCUT2D eigenvalue weighted by atomic mass is 9.85. The number of azide groups is 1. The molecule has 35 heavy (non-hydrogen) atoms. The number of anilines is 3. The fourth-order valence-corrected chi connectivity index (χ4v) is 4.68. The van der Waals surface area contributed by atoms with Crippen molar-refractivity contribution in [1.82, 2.24) is 0 Å². The number of alkyl halides is 3. The van der Waals surface area contributed by atoms with E-state index in [4.69, 9.17) is 5.53 Å². The Balaban J connectivity index is 1.59. The van der Waals surface area contributed by atoms with E-state index in [0.717, 1.165) is 31.4 Å². The van der Waals surface area contributed by atoms with Crippen LogP contribution in [0.3, 0.4) is 0 Å². The molecule has 4 rings (SSSR count). The van der Waals surface area contributed by atoms with Gasteiger partial charge in [-0.3, -0.25) is 4.79 Å². The van der Waals surface area contributed by atoms with Crippen LogP contribution in [-0.2, 0) is 0 Å². The van der Waals surface area contributed by atoms with Gasteiger partial charge in [-0.15, -0.1) is 18.1 Å². The molecule has 2 aromatic carbocycles. The number of rotatable bonds is 7. The SMILES string of the molecule is [N-]=[N+]=NC[C@@H]1CCC[C@H](N2c3ccc(C(=O)N=O)cc3NC2Nc2ccc(OC(F)(F)F)cc2)C1. The van der Waals surface area contributed by atoms with Crippen molar-refractivity contribution < 1.29 is 22.7 Å². The summed E-state index contributed by atoms with van der Waals surface area (Å²) in [5.74, 6) is -1.00. The van der Waals surface area contributed by atoms with E-state index < -0.39 is 18.6 Å². The van der Waals surface area contributed by atoms with Crippen molar-refractivity contribution in [2.75, 3.05) is 22.1 Å². The number of nitrogens with zero attached hydrogens (tertiary/aromatic N) is 5. The first kappa shape index (κ1) is 24.1. The summed E-state index contributed by atoms with van der Waals surface area (Å²) in [5, 5.41) is 12.8. The molecule has 2 aromatic rings. The third-order valence-electron chi connectivity index (χ3n) is 6.12. The topological polar surface area (TPSA) is 132 Å². The first-order valence-corrected chi connectivity index (χ1v) is 11.0. The van der Waals surface area contributed by atoms with Gasteiger partial charge in [0, 0.05) is 33.9 Å². The molecule has 1 heterocycles. The van der Waals surface area contributed by atoms with Gasteiger partial charge in [0.2, 0.25) is 0 Å². The lowest BCUT2D eigenvalue weighted by molar-refractivity contribution is -0.274. The Labute approximate surface area is 198 Å². The second kappa shape index (κ2) is 10.1. The Hall–Kier alpha value is -3.99. The molecule has 0 bridgehead atoms. The Kier molecular flexibility index (Phi) is 6.97. The van der Waals surface area contributed by atoms with Gasteiger partial charge in [0.05, 0.1) is 11.4 Å². The summed E-state index contributed by atoms with van der Waals surface area (Å²) in [4.78, 5) is 27.5. The zero-order chi connectivity index (χ0) is 25.0. The minimum absolute atomic E-state index is 0.0625. The maximum Gasteiger partial charge on any atom is 0.573 e. The van der Waals surface area contributed by atoms with Crippen LogP contribution in [0, 0.1) is 10.8 Å². The minimum atomic E-state index is -4.78. The molecule has 0 saturated heterocycles. The summed E-state index contributed by atoms with van der Waals surface area (Å²) in [5.41, 5.74) is 10.8. The normalized spacial score (nSPS) is 21.3. The molecule has 1 saturated carbocycles. The molecule has 3 atom stereocenters. The summed E-state index contributed by atoms with van der Waals surface area (Å²) in [6.45, 7) is 0.401. The summed E-state index contributed by atoms with van der Waals surface area (Å²) in [6, 6.07) is 10.3. The fourth-order valence-electron chi connectivity index (χ4n) is 4.68. The molecule has 1 unspecified atom stereocenters. The van der Waals surface area contributed by atoms with E-state index in [-0.39, 0.29) is 23.3 Å². The lowest BCUT2D eigenvalue weighted by Gasteiger charge is -2.40. The van der Waals surface area contributed by atoms with Crippen molar-refractivity contribution in [3.63, 3.8) is 0 Å². The smallest absolute Gasteiger partial charge is 0.406 e. The number of fused-ring (bicyclic) bond motifs is 1. The van der Waals surface area contributed by atoms with Gasteiger partial charge in [0.25, 0.3) is 0 Å². The van der Waals surface area contributed by atoms with Crippen LogP contribution in [-0.4, -0.2) is 31.1 Å². The van der Waals surface area contributed by atoms with Crippen LogP contribution in [0.15, 0.2) is 52.8 Å². The van der Waals surface area contributed by atoms with E-state index in [1.807, 2.05) is 0 Å². The quantitative estimate of drug-likeness (QED) is 0.213. The summed E-state index contributed by atoms with van der Waals surface area (Å²) < 4.78 is 41.3. The molecule has 184 valence electrons. The average Bonchev–Trinajstić information content (AvgIpc) is 3.19. The molecular weight excluding hydrogens is 467 g/mol. The largest absolute Gasteiger partial charge is 0.573 e. The highest BCUT2D eigenvalue weighted by atomic mass is 19.4. The van der Waals surface area contributed by atoms with E-state index in [1.165, 1.54) is 30.3 Å². The van der Waals surface area contributed by atoms with E-state index in [0.29, 0.717) is 17.9 Å². The molecule has 2 N–H and O–H groups in total. The summed E-state index contributed by atoms with van der Waals surface area (Å²) >= 11 is 0. The first-order chi connectivity index (χ1) is 16.8. The predicted octanol–water partition coefficient (Wildman–Crippen LogP) is 5.99. The number of amides is 1. The third-order valence-corrected chi connectivity index (χ3v) is 6.12. The van der Waals surface area contributed by atoms with Crippen molar-refractivity contribution in [2.24, 2.45) is 16.2 Å². The van der Waals surface area contributed by atoms with Crippen LogP contribution in [0.25, 0.3) is 10.4 Å². The first-order valence-electron chi connectivity index (χ1n) is 11.0. The van der Waals surface area contributed by atoms with Gasteiger partial charge < -0.3 is 20.3 Å². The zero-order valence-electron chi connectivity index (χ0n) is 18.4. The molecular formula is C22H22F3N7O3. The molecule has 1 fully saturated rings. The highest BCUT2D eigenvalue weighted by Crippen LogP contribution is 2.41. The van der Waals surface area contributed by atoms with Gasteiger partial charge in [-0.2, -0.15) is 0 Å². The summed E-state index contributed by atoms with van der Waals surface area (Å²) in [7, 11) is 0. The molecule has 0 aromatic heterocycles. The van der Waals surface area contributed by atoms with Crippen LogP contribution in [0.4, 0.5) is 30.2 Å². The number of carbonyl (C=O) groups excluding carboxylic acids is 1. The monoisotopic (exact) mass is 489 g/mol. The van der Waals surface area contributed by atoms with Gasteiger partial charge in [0.15, 0.2) is 6.29 Å². The molecule has 2 aliphatic rings. The number of carbonyl (C=O) groups is 1. The number of hydrogen-bond donors (Lipinski definition) is 2. The number of hydrogen-bond acceptors (Lipinski definition) is 7. The molecule has 10 nitrogen and oxygen atoms in total. The Morgan fingerprint density at radius 1 is 1.23 bits per heavy atom. The number of ether oxygens (including phenoxy) is 1. The Bertz CT molecular complexity index is 1140. The third kappa shape index (κ3) is 5.75. The maximum absolute atomic E-state index is 12.5. The van der Waals surface area contributed by atoms with Gasteiger partial charge in [-0.05, 0) is 66.8 Å². The minimum Gasteiger partial charge on any atom is -0.406 e. The fraction of sp³-hybridized carbons (Fsp3) is 0.409. The second-order valence-corrected chi connectivity index (χ2v) is 8.40. The number of benzene rings is 2. The van der Waals surface area contributed by atoms with Crippen LogP contribution < -0.4 is 20.3 Å². The van der Waals surface area contributed by atoms with Crippen molar-refractivity contribution >= 4 is 23.0 Å². The molecule has 13 heteroatoms. The van der Waals surface area contributed by atoms with Crippen molar-refractivity contribution in [3.8, 4) is 5.75 Å². The van der Waals surface area contributed by atoms with Gasteiger partial charge in [0.1, 0.15) is 5.75 Å². The Morgan fingerprint density at radius 3 is 2.69 bits per heavy atom. The number of halogens is 3. The van der Waals surface area contributed by atoms with Crippen LogP contribution in [0.5, 0.6) is 5.75 Å². The van der Waals surface area contributed by atoms with Crippen molar-refractivity contribution in [3.05, 3.63) is 63.4 Å². The summed E-state index contributed by atoms with van der Waals surface area (Å²) in [6.07, 6.45) is -1.74. The molecule has 0 spiro atoms. The zero-order valence-corrected chi connectivity index (χ0v) is 18.4. The highest BCUT2D eigenvalue weighted by molar-refractivity contribution is 5.97. The van der Waals surface area contributed by atoms with E-state index in [1.54, 1.807) is 12.1 Å². The van der Waals surface area contributed by atoms with Crippen molar-refractivity contribution in [2.45, 2.75) is 44.4 Å². The highest BCUT2D eigenvalue weighted by Gasteiger charge is 2.37. The maximum atomic E-state index is 12.5. The van der Waals surface area contributed by atoms with Crippen LogP contribution >= 0.6 is 0 Å². The predicted molar refractivity (Wildman–Crippen MR) is 123 cm³/mol. The molecule has 1 aliphatic carbocycles. The van der Waals surface area contributed by atoms with Crippen LogP contribution in [0.1, 0.15) is 36.0 Å². The Morgan fingerprint density at radius 2 is 2.00 bits per heavy atom. The number of nitroso groups, excluding NO2 is 1. The lowest BCUT2D eigenvalue weighted by Crippen LogP contribution is -2.49. The van der Waals surface area contributed by atoms with E-state index in [2.05, 4.69) is 35.5 Å². The average molecular weight is 489 g/mol. The molecule has 0 radical (unpaired) electrons. The van der Waals surface area contributed by atoms with Gasteiger partial charge >= 0.3 is 12.3 Å². The van der Waals surface area contributed by atoms with Gasteiger partial charge in [-0.25, -0.2) is 0 Å². The standard InChI is InChI=1S/C22H22F3N7O3/c23-22(24,25)35-17-7-5-15(6-8-17)28-21-29-18-11-14(20(33)30-34)4-9-19(18)32(21)16-3-1-2-13(10-16)12-27-31-26/h4-9,11,13,16,21,28-29H,1-3,10,12H2/t13-,16+,21?/m1/s1. The molecule has 1 amide bonds. The van der Waals surface area contributed by atoms with Gasteiger partial charge in [-0.1, -0.05) is 18.0 Å². The van der Waals surface area contributed by atoms with E-state index >= 15 is 0 Å². The van der Waals surface area contributed by atoms with Crippen molar-refractivity contribution in [1.29, 1.82) is 0 Å². The number of nitrogens with one attached hydrogen (secondary N) is 2. The van der Waals surface area contributed by atoms with E-state index in [9.17, 15) is 22.9 Å². The van der Waals surface area contributed by atoms with Crippen LogP contribution in [0.2, 0.25) is 0 Å². The molecule has 1 aliphatic heterocycles. The second-order valence-electron chi connectivity index (χ2n) is 8.40.